The van der Waals surface area contributed by atoms with Gasteiger partial charge in [0.25, 0.3) is 0 Å². The lowest BCUT2D eigenvalue weighted by atomic mass is 10.0. The molecule has 0 radical (unpaired) electrons. The van der Waals surface area contributed by atoms with Gasteiger partial charge in [0, 0.05) is 31.5 Å². The molecular formula is C15H23N3O. The van der Waals surface area contributed by atoms with E-state index in [1.165, 1.54) is 0 Å². The van der Waals surface area contributed by atoms with E-state index in [0.717, 1.165) is 31.2 Å². The number of hydrogen-bond donors (Lipinski definition) is 1. The molecule has 1 heterocycles. The first kappa shape index (κ1) is 14.0. The molecule has 0 aromatic carbocycles. The lowest BCUT2D eigenvalue weighted by Crippen LogP contribution is -2.40. The van der Waals surface area contributed by atoms with Crippen LogP contribution < -0.4 is 5.73 Å². The predicted octanol–water partition coefficient (Wildman–Crippen LogP) is 1.95. The third-order valence-electron chi connectivity index (χ3n) is 3.62. The predicted molar refractivity (Wildman–Crippen MR) is 75.3 cm³/mol. The van der Waals surface area contributed by atoms with Crippen LogP contribution in [-0.4, -0.2) is 28.4 Å². The second kappa shape index (κ2) is 6.66. The highest BCUT2D eigenvalue weighted by Gasteiger charge is 2.35. The highest BCUT2D eigenvalue weighted by atomic mass is 16.2. The van der Waals surface area contributed by atoms with Gasteiger partial charge in [-0.15, -0.1) is 0 Å². The molecule has 0 aliphatic heterocycles. The van der Waals surface area contributed by atoms with Gasteiger partial charge in [0.1, 0.15) is 0 Å². The summed E-state index contributed by atoms with van der Waals surface area (Å²) >= 11 is 0. The summed E-state index contributed by atoms with van der Waals surface area (Å²) in [5, 5.41) is 0. The van der Waals surface area contributed by atoms with Gasteiger partial charge in [-0.2, -0.15) is 0 Å². The van der Waals surface area contributed by atoms with Gasteiger partial charge in [-0.25, -0.2) is 0 Å². The van der Waals surface area contributed by atoms with Crippen LogP contribution in [0.2, 0.25) is 0 Å². The molecule has 104 valence electrons. The van der Waals surface area contributed by atoms with E-state index in [1.807, 2.05) is 23.2 Å². The van der Waals surface area contributed by atoms with Crippen molar-refractivity contribution in [2.24, 2.45) is 11.7 Å². The van der Waals surface area contributed by atoms with Crippen molar-refractivity contribution in [2.45, 2.75) is 45.2 Å². The number of carbonyl (C=O) groups is 1. The maximum Gasteiger partial charge on any atom is 0.227 e. The standard InChI is InChI=1S/C15H23N3O/c1-2-4-13(9-16)15(19)18(14-6-7-14)11-12-5-3-8-17-10-12/h3,5,8,10,13-14H,2,4,6-7,9,11,16H2,1H3. The fourth-order valence-corrected chi connectivity index (χ4v) is 2.39. The van der Waals surface area contributed by atoms with Crippen molar-refractivity contribution in [3.63, 3.8) is 0 Å². The largest absolute Gasteiger partial charge is 0.335 e. The summed E-state index contributed by atoms with van der Waals surface area (Å²) in [5.74, 6) is 0.193. The lowest BCUT2D eigenvalue weighted by Gasteiger charge is -2.26. The summed E-state index contributed by atoms with van der Waals surface area (Å²) in [6, 6.07) is 4.35. The third kappa shape index (κ3) is 3.77. The molecule has 0 spiro atoms. The van der Waals surface area contributed by atoms with Gasteiger partial charge in [0.15, 0.2) is 0 Å². The fraction of sp³-hybridized carbons (Fsp3) is 0.600. The van der Waals surface area contributed by atoms with E-state index < -0.39 is 0 Å². The molecule has 0 bridgehead atoms. The van der Waals surface area contributed by atoms with Gasteiger partial charge < -0.3 is 10.6 Å². The summed E-state index contributed by atoms with van der Waals surface area (Å²) in [7, 11) is 0. The number of nitrogens with zero attached hydrogens (tertiary/aromatic N) is 2. The molecule has 2 N–H and O–H groups in total. The van der Waals surface area contributed by atoms with E-state index in [1.54, 1.807) is 6.20 Å². The average molecular weight is 261 g/mol. The van der Waals surface area contributed by atoms with Gasteiger partial charge in [-0.1, -0.05) is 19.4 Å². The Labute approximate surface area is 115 Å². The second-order valence-corrected chi connectivity index (χ2v) is 5.28. The zero-order valence-electron chi connectivity index (χ0n) is 11.6. The minimum Gasteiger partial charge on any atom is -0.335 e. The smallest absolute Gasteiger partial charge is 0.227 e. The average Bonchev–Trinajstić information content (AvgIpc) is 3.27. The summed E-state index contributed by atoms with van der Waals surface area (Å²) < 4.78 is 0. The minimum absolute atomic E-state index is 0.0257. The van der Waals surface area contributed by atoms with Crippen LogP contribution in [0.5, 0.6) is 0 Å². The fourth-order valence-electron chi connectivity index (χ4n) is 2.39. The van der Waals surface area contributed by atoms with Crippen LogP contribution in [0.3, 0.4) is 0 Å². The van der Waals surface area contributed by atoms with Crippen molar-refractivity contribution in [3.05, 3.63) is 30.1 Å². The number of nitrogens with two attached hydrogens (primary N) is 1. The molecule has 1 aromatic heterocycles. The number of carbonyl (C=O) groups excluding carboxylic acids is 1. The monoisotopic (exact) mass is 261 g/mol. The van der Waals surface area contributed by atoms with E-state index in [9.17, 15) is 4.79 Å². The SMILES string of the molecule is CCCC(CN)C(=O)N(Cc1cccnc1)C1CC1. The van der Waals surface area contributed by atoms with E-state index in [0.29, 0.717) is 19.1 Å². The van der Waals surface area contributed by atoms with Crippen LogP contribution in [0, 0.1) is 5.92 Å². The molecule has 1 fully saturated rings. The Morgan fingerprint density at radius 1 is 1.58 bits per heavy atom. The number of rotatable bonds is 7. The molecule has 1 atom stereocenters. The molecule has 4 nitrogen and oxygen atoms in total. The number of amides is 1. The molecule has 1 saturated carbocycles. The lowest BCUT2D eigenvalue weighted by molar-refractivity contribution is -0.136. The van der Waals surface area contributed by atoms with Crippen LogP contribution in [0.4, 0.5) is 0 Å². The van der Waals surface area contributed by atoms with E-state index in [4.69, 9.17) is 5.73 Å². The zero-order chi connectivity index (χ0) is 13.7. The molecule has 1 aromatic rings. The van der Waals surface area contributed by atoms with Crippen molar-refractivity contribution in [2.75, 3.05) is 6.54 Å². The maximum atomic E-state index is 12.6. The Hall–Kier alpha value is -1.42. The molecular weight excluding hydrogens is 238 g/mol. The number of hydrogen-bond acceptors (Lipinski definition) is 3. The number of pyridine rings is 1. The Kier molecular flexibility index (Phi) is 4.91. The molecule has 1 aliphatic carbocycles. The summed E-state index contributed by atoms with van der Waals surface area (Å²) in [6.07, 6.45) is 7.71. The highest BCUT2D eigenvalue weighted by molar-refractivity contribution is 5.79. The third-order valence-corrected chi connectivity index (χ3v) is 3.62. The van der Waals surface area contributed by atoms with Crippen molar-refractivity contribution >= 4 is 5.91 Å². The van der Waals surface area contributed by atoms with E-state index >= 15 is 0 Å². The van der Waals surface area contributed by atoms with Crippen LogP contribution in [0.25, 0.3) is 0 Å². The molecule has 1 unspecified atom stereocenters. The van der Waals surface area contributed by atoms with Crippen LogP contribution >= 0.6 is 0 Å². The van der Waals surface area contributed by atoms with Crippen molar-refractivity contribution in [1.29, 1.82) is 0 Å². The van der Waals surface area contributed by atoms with E-state index in [-0.39, 0.29) is 11.8 Å². The van der Waals surface area contributed by atoms with Gasteiger partial charge in [-0.3, -0.25) is 9.78 Å². The van der Waals surface area contributed by atoms with Crippen LogP contribution in [-0.2, 0) is 11.3 Å². The Morgan fingerprint density at radius 2 is 2.37 bits per heavy atom. The first-order chi connectivity index (χ1) is 9.26. The Bertz CT molecular complexity index is 403. The van der Waals surface area contributed by atoms with Crippen LogP contribution in [0.1, 0.15) is 38.2 Å². The first-order valence-electron chi connectivity index (χ1n) is 7.15. The van der Waals surface area contributed by atoms with Gasteiger partial charge >= 0.3 is 0 Å². The van der Waals surface area contributed by atoms with Crippen LogP contribution in [0.15, 0.2) is 24.5 Å². The Morgan fingerprint density at radius 3 is 2.89 bits per heavy atom. The molecule has 4 heteroatoms. The minimum atomic E-state index is -0.0257. The van der Waals surface area contributed by atoms with Gasteiger partial charge in [0.2, 0.25) is 5.91 Å². The normalized spacial score (nSPS) is 16.1. The van der Waals surface area contributed by atoms with Gasteiger partial charge in [0.05, 0.1) is 5.92 Å². The number of aromatic nitrogens is 1. The summed E-state index contributed by atoms with van der Waals surface area (Å²) in [4.78, 5) is 18.7. The van der Waals surface area contributed by atoms with Gasteiger partial charge in [-0.05, 0) is 30.9 Å². The van der Waals surface area contributed by atoms with Crippen molar-refractivity contribution in [1.82, 2.24) is 9.88 Å². The quantitative estimate of drug-likeness (QED) is 0.816. The van der Waals surface area contributed by atoms with Crippen molar-refractivity contribution < 1.29 is 4.79 Å². The topological polar surface area (TPSA) is 59.2 Å². The summed E-state index contributed by atoms with van der Waals surface area (Å²) in [6.45, 7) is 3.21. The maximum absolute atomic E-state index is 12.6. The summed E-state index contributed by atoms with van der Waals surface area (Å²) in [5.41, 5.74) is 6.84. The van der Waals surface area contributed by atoms with Crippen molar-refractivity contribution in [3.8, 4) is 0 Å². The first-order valence-corrected chi connectivity index (χ1v) is 7.15. The second-order valence-electron chi connectivity index (χ2n) is 5.28. The highest BCUT2D eigenvalue weighted by Crippen LogP contribution is 2.30. The zero-order valence-corrected chi connectivity index (χ0v) is 11.6. The molecule has 0 saturated heterocycles. The molecule has 1 amide bonds. The van der Waals surface area contributed by atoms with E-state index in [2.05, 4.69) is 11.9 Å². The molecule has 2 rings (SSSR count). The molecule has 1 aliphatic rings. The molecule has 19 heavy (non-hydrogen) atoms. The Balaban J connectivity index is 2.05.